The van der Waals surface area contributed by atoms with Gasteiger partial charge in [-0.15, -0.1) is 0 Å². The van der Waals surface area contributed by atoms with Crippen molar-refractivity contribution in [2.24, 2.45) is 0 Å². The van der Waals surface area contributed by atoms with Crippen LogP contribution < -0.4 is 0 Å². The highest BCUT2D eigenvalue weighted by Gasteiger charge is 2.25. The van der Waals surface area contributed by atoms with Crippen molar-refractivity contribution in [2.75, 3.05) is 20.1 Å². The van der Waals surface area contributed by atoms with Gasteiger partial charge in [-0.1, -0.05) is 26.2 Å². The van der Waals surface area contributed by atoms with E-state index in [1.807, 2.05) is 30.7 Å². The summed E-state index contributed by atoms with van der Waals surface area (Å²) in [7, 11) is 1.88. The highest BCUT2D eigenvalue weighted by Crippen LogP contribution is 2.21. The molecule has 0 radical (unpaired) electrons. The Labute approximate surface area is 121 Å². The van der Waals surface area contributed by atoms with Gasteiger partial charge < -0.3 is 10.0 Å². The first-order chi connectivity index (χ1) is 9.45. The summed E-state index contributed by atoms with van der Waals surface area (Å²) in [5.41, 5.74) is 0. The maximum atomic E-state index is 12.3. The Kier molecular flexibility index (Phi) is 6.99. The van der Waals surface area contributed by atoms with Crippen LogP contribution >= 0.6 is 0 Å². The zero-order valence-corrected chi connectivity index (χ0v) is 13.0. The topological polar surface area (TPSA) is 60.9 Å². The molecular weight excluding hydrogens is 256 g/mol. The Morgan fingerprint density at radius 3 is 2.35 bits per heavy atom. The number of nitrogens with zero attached hydrogens (tertiary/aromatic N) is 2. The van der Waals surface area contributed by atoms with Gasteiger partial charge in [-0.25, -0.2) is 0 Å². The average molecular weight is 284 g/mol. The highest BCUT2D eigenvalue weighted by molar-refractivity contribution is 5.78. The van der Waals surface area contributed by atoms with Crippen LogP contribution in [0.5, 0.6) is 0 Å². The summed E-state index contributed by atoms with van der Waals surface area (Å²) in [5, 5.41) is 8.85. The molecule has 1 fully saturated rings. The third-order valence-electron chi connectivity index (χ3n) is 4.35. The molecule has 20 heavy (non-hydrogen) atoms. The molecule has 5 heteroatoms. The van der Waals surface area contributed by atoms with Gasteiger partial charge in [0, 0.05) is 19.1 Å². The van der Waals surface area contributed by atoms with Crippen molar-refractivity contribution in [3.63, 3.8) is 0 Å². The second-order valence-corrected chi connectivity index (χ2v) is 5.81. The van der Waals surface area contributed by atoms with Crippen LogP contribution in [-0.4, -0.2) is 59.0 Å². The number of hydrogen-bond acceptors (Lipinski definition) is 3. The summed E-state index contributed by atoms with van der Waals surface area (Å²) in [5.74, 6) is -0.708. The lowest BCUT2D eigenvalue weighted by Gasteiger charge is -2.34. The number of hydrogen-bond donors (Lipinski definition) is 1. The molecular formula is C15H28N2O3. The van der Waals surface area contributed by atoms with Crippen LogP contribution in [0, 0.1) is 0 Å². The van der Waals surface area contributed by atoms with Crippen LogP contribution in [0.4, 0.5) is 0 Å². The molecule has 0 aromatic carbocycles. The van der Waals surface area contributed by atoms with Crippen LogP contribution in [0.3, 0.4) is 0 Å². The molecule has 1 atom stereocenters. The summed E-state index contributed by atoms with van der Waals surface area (Å²) >= 11 is 0. The highest BCUT2D eigenvalue weighted by atomic mass is 16.4. The second-order valence-electron chi connectivity index (χ2n) is 5.81. The molecule has 1 N–H and O–H groups in total. The van der Waals surface area contributed by atoms with Crippen LogP contribution in [0.1, 0.15) is 52.4 Å². The molecule has 0 heterocycles. The van der Waals surface area contributed by atoms with Gasteiger partial charge in [-0.3, -0.25) is 14.5 Å². The fourth-order valence-corrected chi connectivity index (χ4v) is 2.92. The molecule has 0 aromatic rings. The van der Waals surface area contributed by atoms with Crippen molar-refractivity contribution in [1.29, 1.82) is 0 Å². The molecule has 1 amide bonds. The Balaban J connectivity index is 2.50. The van der Waals surface area contributed by atoms with Gasteiger partial charge in [-0.05, 0) is 26.3 Å². The second kappa shape index (κ2) is 8.25. The van der Waals surface area contributed by atoms with Crippen LogP contribution in [-0.2, 0) is 9.59 Å². The molecule has 0 saturated heterocycles. The number of carbonyl (C=O) groups is 2. The SMILES string of the molecule is CCN(CC(=O)N(C)C1CCCCC1)C(C)CC(=O)O. The van der Waals surface area contributed by atoms with E-state index < -0.39 is 5.97 Å². The molecule has 1 aliphatic rings. The monoisotopic (exact) mass is 284 g/mol. The summed E-state index contributed by atoms with van der Waals surface area (Å²) in [6.45, 7) is 4.84. The van der Waals surface area contributed by atoms with Crippen LogP contribution in [0.2, 0.25) is 0 Å². The van der Waals surface area contributed by atoms with Crippen LogP contribution in [0.25, 0.3) is 0 Å². The minimum atomic E-state index is -0.816. The Bertz CT molecular complexity index is 327. The van der Waals surface area contributed by atoms with E-state index in [2.05, 4.69) is 0 Å². The van der Waals surface area contributed by atoms with E-state index >= 15 is 0 Å². The molecule has 5 nitrogen and oxygen atoms in total. The number of rotatable bonds is 7. The van der Waals surface area contributed by atoms with Crippen molar-refractivity contribution in [3.8, 4) is 0 Å². The van der Waals surface area contributed by atoms with E-state index in [0.29, 0.717) is 19.1 Å². The third-order valence-corrected chi connectivity index (χ3v) is 4.35. The first-order valence-corrected chi connectivity index (χ1v) is 7.67. The van der Waals surface area contributed by atoms with E-state index in [0.717, 1.165) is 12.8 Å². The summed E-state index contributed by atoms with van der Waals surface area (Å²) in [6.07, 6.45) is 5.95. The molecule has 0 aromatic heterocycles. The Morgan fingerprint density at radius 1 is 1.25 bits per heavy atom. The van der Waals surface area contributed by atoms with E-state index in [9.17, 15) is 9.59 Å². The van der Waals surface area contributed by atoms with E-state index in [1.54, 1.807) is 0 Å². The van der Waals surface area contributed by atoms with Gasteiger partial charge in [0.1, 0.15) is 0 Å². The van der Waals surface area contributed by atoms with Gasteiger partial charge in [-0.2, -0.15) is 0 Å². The Morgan fingerprint density at radius 2 is 1.85 bits per heavy atom. The zero-order valence-electron chi connectivity index (χ0n) is 13.0. The van der Waals surface area contributed by atoms with Gasteiger partial charge in [0.2, 0.25) is 5.91 Å². The molecule has 0 bridgehead atoms. The molecule has 1 rings (SSSR count). The largest absolute Gasteiger partial charge is 0.481 e. The first kappa shape index (κ1) is 17.0. The summed E-state index contributed by atoms with van der Waals surface area (Å²) in [6, 6.07) is 0.256. The predicted molar refractivity (Wildman–Crippen MR) is 78.6 cm³/mol. The number of carboxylic acid groups (broad SMARTS) is 1. The predicted octanol–water partition coefficient (Wildman–Crippen LogP) is 1.96. The normalized spacial score (nSPS) is 18.0. The summed E-state index contributed by atoms with van der Waals surface area (Å²) in [4.78, 5) is 26.9. The fraction of sp³-hybridized carbons (Fsp3) is 0.867. The van der Waals surface area contributed by atoms with Gasteiger partial charge in [0.25, 0.3) is 0 Å². The smallest absolute Gasteiger partial charge is 0.304 e. The molecule has 1 unspecified atom stereocenters. The number of aliphatic carboxylic acids is 1. The van der Waals surface area contributed by atoms with Crippen molar-refractivity contribution in [3.05, 3.63) is 0 Å². The summed E-state index contributed by atoms with van der Waals surface area (Å²) < 4.78 is 0. The Hall–Kier alpha value is -1.10. The molecule has 0 spiro atoms. The number of carboxylic acids is 1. The average Bonchev–Trinajstić information content (AvgIpc) is 2.43. The quantitative estimate of drug-likeness (QED) is 0.776. The first-order valence-electron chi connectivity index (χ1n) is 7.67. The minimum Gasteiger partial charge on any atom is -0.481 e. The number of carbonyl (C=O) groups excluding carboxylic acids is 1. The van der Waals surface area contributed by atoms with E-state index in [4.69, 9.17) is 5.11 Å². The lowest BCUT2D eigenvalue weighted by atomic mass is 9.94. The van der Waals surface area contributed by atoms with Gasteiger partial charge in [0.05, 0.1) is 13.0 Å². The molecule has 1 saturated carbocycles. The fourth-order valence-electron chi connectivity index (χ4n) is 2.92. The maximum Gasteiger partial charge on any atom is 0.304 e. The maximum absolute atomic E-state index is 12.3. The number of amides is 1. The minimum absolute atomic E-state index is 0.0776. The standard InChI is InChI=1S/C15H28N2O3/c1-4-17(12(2)10-15(19)20)11-14(18)16(3)13-8-6-5-7-9-13/h12-13H,4-11H2,1-3H3,(H,19,20). The molecule has 1 aliphatic carbocycles. The third kappa shape index (κ3) is 5.12. The molecule has 0 aliphatic heterocycles. The van der Waals surface area contributed by atoms with Gasteiger partial charge >= 0.3 is 5.97 Å². The zero-order chi connectivity index (χ0) is 15.1. The van der Waals surface area contributed by atoms with Crippen LogP contribution in [0.15, 0.2) is 0 Å². The van der Waals surface area contributed by atoms with Crippen molar-refractivity contribution in [1.82, 2.24) is 9.80 Å². The van der Waals surface area contributed by atoms with Gasteiger partial charge in [0.15, 0.2) is 0 Å². The van der Waals surface area contributed by atoms with Crippen molar-refractivity contribution >= 4 is 11.9 Å². The van der Waals surface area contributed by atoms with E-state index in [-0.39, 0.29) is 18.4 Å². The lowest BCUT2D eigenvalue weighted by Crippen LogP contribution is -2.46. The lowest BCUT2D eigenvalue weighted by molar-refractivity contribution is -0.140. The van der Waals surface area contributed by atoms with Crippen molar-refractivity contribution < 1.29 is 14.7 Å². The number of likely N-dealkylation sites (N-methyl/N-ethyl adjacent to an activating group) is 2. The van der Waals surface area contributed by atoms with E-state index in [1.165, 1.54) is 19.3 Å². The van der Waals surface area contributed by atoms with Crippen molar-refractivity contribution in [2.45, 2.75) is 64.5 Å². The molecule has 116 valence electrons.